The predicted octanol–water partition coefficient (Wildman–Crippen LogP) is 1.81. The highest BCUT2D eigenvalue weighted by molar-refractivity contribution is 5.75. The van der Waals surface area contributed by atoms with Gasteiger partial charge in [-0.2, -0.15) is 0 Å². The third-order valence-corrected chi connectivity index (χ3v) is 3.10. The van der Waals surface area contributed by atoms with Gasteiger partial charge in [0.25, 0.3) is 0 Å². The summed E-state index contributed by atoms with van der Waals surface area (Å²) in [6, 6.07) is 8.34. The predicted molar refractivity (Wildman–Crippen MR) is 59.7 cm³/mol. The van der Waals surface area contributed by atoms with E-state index in [0.29, 0.717) is 6.42 Å². The number of likely N-dealkylation sites (tertiary alicyclic amines) is 1. The van der Waals surface area contributed by atoms with Gasteiger partial charge in [0, 0.05) is 6.54 Å². The Morgan fingerprint density at radius 2 is 1.82 bits per heavy atom. The molecule has 2 unspecified atom stereocenters. The highest BCUT2D eigenvalue weighted by Crippen LogP contribution is 2.37. The minimum absolute atomic E-state index is 0.270. The van der Waals surface area contributed by atoms with Crippen molar-refractivity contribution < 1.29 is 19.8 Å². The molecule has 0 saturated carbocycles. The monoisotopic (exact) mass is 235 g/mol. The zero-order valence-electron chi connectivity index (χ0n) is 9.11. The molecule has 0 radical (unpaired) electrons. The van der Waals surface area contributed by atoms with Crippen LogP contribution in [0.4, 0.5) is 4.79 Å². The number of nitrogens with zero attached hydrogens (tertiary/aromatic N) is 1. The summed E-state index contributed by atoms with van der Waals surface area (Å²) in [5.41, 5.74) is 0.736. The van der Waals surface area contributed by atoms with Gasteiger partial charge in [0.2, 0.25) is 0 Å². The summed E-state index contributed by atoms with van der Waals surface area (Å²) in [6.07, 6.45) is -0.705. The van der Waals surface area contributed by atoms with Crippen molar-refractivity contribution in [1.82, 2.24) is 4.90 Å². The maximum absolute atomic E-state index is 11.1. The molecule has 1 aliphatic heterocycles. The molecular weight excluding hydrogens is 222 g/mol. The van der Waals surface area contributed by atoms with Crippen LogP contribution in [0, 0.1) is 5.92 Å². The third-order valence-electron chi connectivity index (χ3n) is 3.10. The maximum Gasteiger partial charge on any atom is 0.407 e. The van der Waals surface area contributed by atoms with E-state index in [1.165, 1.54) is 4.90 Å². The van der Waals surface area contributed by atoms with E-state index in [4.69, 9.17) is 10.2 Å². The SMILES string of the molecule is O=C(O)C1CCN(C(=O)O)C1c1ccccc1. The number of carboxylic acids is 1. The minimum atomic E-state index is -1.07. The van der Waals surface area contributed by atoms with E-state index in [9.17, 15) is 9.59 Å². The summed E-state index contributed by atoms with van der Waals surface area (Å²) in [4.78, 5) is 23.4. The Labute approximate surface area is 98.3 Å². The molecule has 17 heavy (non-hydrogen) atoms. The number of carbonyl (C=O) groups is 2. The van der Waals surface area contributed by atoms with E-state index in [1.54, 1.807) is 24.3 Å². The van der Waals surface area contributed by atoms with Crippen molar-refractivity contribution in [2.24, 2.45) is 5.92 Å². The highest BCUT2D eigenvalue weighted by Gasteiger charge is 2.41. The van der Waals surface area contributed by atoms with Crippen LogP contribution in [0.2, 0.25) is 0 Å². The normalized spacial score (nSPS) is 23.6. The van der Waals surface area contributed by atoms with Crippen LogP contribution in [0.1, 0.15) is 18.0 Å². The summed E-state index contributed by atoms with van der Waals surface area (Å²) in [5, 5.41) is 18.2. The topological polar surface area (TPSA) is 77.8 Å². The summed E-state index contributed by atoms with van der Waals surface area (Å²) in [5.74, 6) is -1.60. The van der Waals surface area contributed by atoms with Crippen molar-refractivity contribution in [3.8, 4) is 0 Å². The Hall–Kier alpha value is -2.04. The number of amides is 1. The number of carboxylic acid groups (broad SMARTS) is 2. The van der Waals surface area contributed by atoms with Crippen LogP contribution < -0.4 is 0 Å². The van der Waals surface area contributed by atoms with Crippen molar-refractivity contribution in [3.05, 3.63) is 35.9 Å². The van der Waals surface area contributed by atoms with Crippen molar-refractivity contribution in [2.45, 2.75) is 12.5 Å². The molecule has 1 saturated heterocycles. The van der Waals surface area contributed by atoms with Crippen LogP contribution in [-0.2, 0) is 4.79 Å². The van der Waals surface area contributed by atoms with Gasteiger partial charge in [-0.25, -0.2) is 4.79 Å². The molecule has 1 heterocycles. The molecule has 2 atom stereocenters. The van der Waals surface area contributed by atoms with Crippen LogP contribution in [0.15, 0.2) is 30.3 Å². The number of rotatable bonds is 2. The van der Waals surface area contributed by atoms with Crippen LogP contribution >= 0.6 is 0 Å². The molecule has 2 N–H and O–H groups in total. The van der Waals surface area contributed by atoms with E-state index in [1.807, 2.05) is 6.07 Å². The van der Waals surface area contributed by atoms with E-state index in [-0.39, 0.29) is 6.54 Å². The zero-order valence-corrected chi connectivity index (χ0v) is 9.11. The molecule has 5 nitrogen and oxygen atoms in total. The van der Waals surface area contributed by atoms with Crippen molar-refractivity contribution in [3.63, 3.8) is 0 Å². The number of hydrogen-bond donors (Lipinski definition) is 2. The summed E-state index contributed by atoms with van der Waals surface area (Å²) >= 11 is 0. The quantitative estimate of drug-likeness (QED) is 0.819. The molecule has 0 bridgehead atoms. The first-order valence-electron chi connectivity index (χ1n) is 5.38. The second kappa shape index (κ2) is 4.45. The minimum Gasteiger partial charge on any atom is -0.481 e. The summed E-state index contributed by atoms with van der Waals surface area (Å²) in [6.45, 7) is 0.270. The molecule has 1 amide bonds. The van der Waals surface area contributed by atoms with Crippen molar-refractivity contribution >= 4 is 12.1 Å². The van der Waals surface area contributed by atoms with Crippen LogP contribution in [-0.4, -0.2) is 33.7 Å². The second-order valence-electron chi connectivity index (χ2n) is 4.06. The summed E-state index contributed by atoms with van der Waals surface area (Å²) < 4.78 is 0. The maximum atomic E-state index is 11.1. The molecule has 0 spiro atoms. The molecule has 90 valence electrons. The zero-order chi connectivity index (χ0) is 12.4. The van der Waals surface area contributed by atoms with Crippen LogP contribution in [0.5, 0.6) is 0 Å². The van der Waals surface area contributed by atoms with Gasteiger partial charge in [0.05, 0.1) is 12.0 Å². The Kier molecular flexibility index (Phi) is 2.99. The van der Waals surface area contributed by atoms with Crippen molar-refractivity contribution in [1.29, 1.82) is 0 Å². The van der Waals surface area contributed by atoms with Crippen LogP contribution in [0.3, 0.4) is 0 Å². The van der Waals surface area contributed by atoms with Gasteiger partial charge < -0.3 is 15.1 Å². The largest absolute Gasteiger partial charge is 0.481 e. The first kappa shape index (κ1) is 11.4. The van der Waals surface area contributed by atoms with Gasteiger partial charge in [0.1, 0.15) is 0 Å². The van der Waals surface area contributed by atoms with E-state index in [0.717, 1.165) is 5.56 Å². The van der Waals surface area contributed by atoms with E-state index < -0.39 is 24.0 Å². The Balaban J connectivity index is 2.36. The van der Waals surface area contributed by atoms with E-state index >= 15 is 0 Å². The lowest BCUT2D eigenvalue weighted by molar-refractivity contribution is -0.142. The van der Waals surface area contributed by atoms with Gasteiger partial charge in [0.15, 0.2) is 0 Å². The molecule has 5 heteroatoms. The fourth-order valence-corrected chi connectivity index (χ4v) is 2.33. The van der Waals surface area contributed by atoms with E-state index in [2.05, 4.69) is 0 Å². The molecule has 1 aromatic carbocycles. The Bertz CT molecular complexity index is 409. The number of aliphatic carboxylic acids is 1. The fraction of sp³-hybridized carbons (Fsp3) is 0.333. The fourth-order valence-electron chi connectivity index (χ4n) is 2.33. The molecule has 0 aliphatic carbocycles. The lowest BCUT2D eigenvalue weighted by atomic mass is 9.94. The van der Waals surface area contributed by atoms with Gasteiger partial charge >= 0.3 is 12.1 Å². The average Bonchev–Trinajstić information content (AvgIpc) is 2.74. The molecule has 1 aromatic rings. The Morgan fingerprint density at radius 3 is 2.35 bits per heavy atom. The average molecular weight is 235 g/mol. The molecule has 1 aliphatic rings. The highest BCUT2D eigenvalue weighted by atomic mass is 16.4. The van der Waals surface area contributed by atoms with Gasteiger partial charge in [-0.1, -0.05) is 30.3 Å². The molecular formula is C12H13NO4. The van der Waals surface area contributed by atoms with Gasteiger partial charge in [-0.15, -0.1) is 0 Å². The first-order valence-corrected chi connectivity index (χ1v) is 5.38. The molecule has 0 aromatic heterocycles. The smallest absolute Gasteiger partial charge is 0.407 e. The summed E-state index contributed by atoms with van der Waals surface area (Å²) in [7, 11) is 0. The second-order valence-corrected chi connectivity index (χ2v) is 4.06. The standard InChI is InChI=1S/C12H13NO4/c14-11(15)9-6-7-13(12(16)17)10(9)8-4-2-1-3-5-8/h1-5,9-10H,6-7H2,(H,14,15)(H,16,17). The lowest BCUT2D eigenvalue weighted by Crippen LogP contribution is -2.32. The molecule has 2 rings (SSSR count). The lowest BCUT2D eigenvalue weighted by Gasteiger charge is -2.24. The first-order chi connectivity index (χ1) is 8.11. The van der Waals surface area contributed by atoms with Gasteiger partial charge in [-0.3, -0.25) is 4.79 Å². The molecule has 1 fully saturated rings. The van der Waals surface area contributed by atoms with Gasteiger partial charge in [-0.05, 0) is 12.0 Å². The Morgan fingerprint density at radius 1 is 1.18 bits per heavy atom. The third kappa shape index (κ3) is 2.08. The van der Waals surface area contributed by atoms with Crippen LogP contribution in [0.25, 0.3) is 0 Å². The number of benzene rings is 1. The number of hydrogen-bond acceptors (Lipinski definition) is 2. The van der Waals surface area contributed by atoms with Crippen molar-refractivity contribution in [2.75, 3.05) is 6.54 Å².